The Morgan fingerprint density at radius 2 is 1.40 bits per heavy atom. The Balaban J connectivity index is 1.26. The Hall–Kier alpha value is -4.78. The summed E-state index contributed by atoms with van der Waals surface area (Å²) in [6.45, 7) is -0.0416. The summed E-state index contributed by atoms with van der Waals surface area (Å²) in [5.74, 6) is 1.05. The maximum atomic E-state index is 12.7. The van der Waals surface area contributed by atoms with E-state index in [2.05, 4.69) is 20.7 Å². The lowest BCUT2D eigenvalue weighted by atomic mass is 10.0. The maximum Gasteiger partial charge on any atom is 0.248 e. The second-order valence-electron chi connectivity index (χ2n) is 7.91. The van der Waals surface area contributed by atoms with Crippen LogP contribution in [-0.4, -0.2) is 33.2 Å². The van der Waals surface area contributed by atoms with Crippen molar-refractivity contribution in [3.8, 4) is 39.4 Å². The molecule has 1 heterocycles. The van der Waals surface area contributed by atoms with Crippen LogP contribution in [0, 0.1) is 0 Å². The lowest BCUT2D eigenvalue weighted by molar-refractivity contribution is -0.117. The highest BCUT2D eigenvalue weighted by molar-refractivity contribution is 5.95. The SMILES string of the molecule is COc1ccc(-c2ccc(-c3nnn(CC(=O)Nc4ccccc4-c4ccccc4)n3)cc2)cc1. The van der Waals surface area contributed by atoms with E-state index >= 15 is 0 Å². The van der Waals surface area contributed by atoms with Crippen LogP contribution in [-0.2, 0) is 11.3 Å². The number of hydrogen-bond acceptors (Lipinski definition) is 5. The van der Waals surface area contributed by atoms with Gasteiger partial charge in [0.1, 0.15) is 12.3 Å². The average molecular weight is 462 g/mol. The summed E-state index contributed by atoms with van der Waals surface area (Å²) in [5.41, 5.74) is 5.69. The van der Waals surface area contributed by atoms with E-state index in [0.29, 0.717) is 5.82 Å². The third-order valence-corrected chi connectivity index (χ3v) is 5.59. The second kappa shape index (κ2) is 10.0. The molecule has 1 aromatic heterocycles. The first-order chi connectivity index (χ1) is 17.2. The fraction of sp³-hybridized carbons (Fsp3) is 0.0714. The quantitative estimate of drug-likeness (QED) is 0.355. The highest BCUT2D eigenvalue weighted by Crippen LogP contribution is 2.28. The van der Waals surface area contributed by atoms with Crippen molar-refractivity contribution >= 4 is 11.6 Å². The first-order valence-corrected chi connectivity index (χ1v) is 11.2. The molecule has 0 saturated carbocycles. The molecule has 1 N–H and O–H groups in total. The van der Waals surface area contributed by atoms with Crippen LogP contribution in [0.2, 0.25) is 0 Å². The Bertz CT molecular complexity index is 1430. The number of nitrogens with one attached hydrogen (secondary N) is 1. The smallest absolute Gasteiger partial charge is 0.248 e. The number of carbonyl (C=O) groups excluding carboxylic acids is 1. The number of methoxy groups -OCH3 is 1. The third kappa shape index (κ3) is 5.09. The van der Waals surface area contributed by atoms with E-state index in [4.69, 9.17) is 4.74 Å². The first kappa shape index (κ1) is 22.0. The zero-order chi connectivity index (χ0) is 24.0. The monoisotopic (exact) mass is 461 g/mol. The topological polar surface area (TPSA) is 81.9 Å². The Kier molecular flexibility index (Phi) is 6.30. The summed E-state index contributed by atoms with van der Waals surface area (Å²) < 4.78 is 5.22. The number of nitrogens with zero attached hydrogens (tertiary/aromatic N) is 4. The molecule has 0 saturated heterocycles. The minimum atomic E-state index is -0.229. The van der Waals surface area contributed by atoms with Crippen molar-refractivity contribution < 1.29 is 9.53 Å². The van der Waals surface area contributed by atoms with Gasteiger partial charge in [-0.2, -0.15) is 4.80 Å². The Morgan fingerprint density at radius 3 is 2.11 bits per heavy atom. The lowest BCUT2D eigenvalue weighted by Crippen LogP contribution is -2.20. The fourth-order valence-electron chi connectivity index (χ4n) is 3.80. The first-order valence-electron chi connectivity index (χ1n) is 11.2. The number of hydrogen-bond donors (Lipinski definition) is 1. The summed E-state index contributed by atoms with van der Waals surface area (Å²) in [6, 6.07) is 33.4. The molecule has 0 aliphatic heterocycles. The zero-order valence-corrected chi connectivity index (χ0v) is 19.1. The van der Waals surface area contributed by atoms with Crippen LogP contribution in [0.15, 0.2) is 103 Å². The number of ether oxygens (including phenoxy) is 1. The predicted molar refractivity (Wildman–Crippen MR) is 136 cm³/mol. The van der Waals surface area contributed by atoms with Crippen molar-refractivity contribution in [3.05, 3.63) is 103 Å². The van der Waals surface area contributed by atoms with Gasteiger partial charge in [-0.15, -0.1) is 10.2 Å². The van der Waals surface area contributed by atoms with Crippen LogP contribution in [0.5, 0.6) is 5.75 Å². The Labute approximate surface area is 203 Å². The van der Waals surface area contributed by atoms with Crippen molar-refractivity contribution in [1.82, 2.24) is 20.2 Å². The van der Waals surface area contributed by atoms with Gasteiger partial charge in [0.05, 0.1) is 7.11 Å². The number of amides is 1. The normalized spacial score (nSPS) is 10.7. The van der Waals surface area contributed by atoms with Gasteiger partial charge in [0.2, 0.25) is 11.7 Å². The van der Waals surface area contributed by atoms with E-state index in [9.17, 15) is 4.79 Å². The molecule has 0 bridgehead atoms. The molecule has 0 spiro atoms. The summed E-state index contributed by atoms with van der Waals surface area (Å²) in [5, 5.41) is 15.5. The molecule has 0 unspecified atom stereocenters. The minimum Gasteiger partial charge on any atom is -0.497 e. The van der Waals surface area contributed by atoms with Gasteiger partial charge >= 0.3 is 0 Å². The maximum absolute atomic E-state index is 12.7. The average Bonchev–Trinajstić information content (AvgIpc) is 3.38. The van der Waals surface area contributed by atoms with Gasteiger partial charge in [0.15, 0.2) is 0 Å². The number of aromatic nitrogens is 4. The molecular formula is C28H23N5O2. The van der Waals surface area contributed by atoms with E-state index < -0.39 is 0 Å². The third-order valence-electron chi connectivity index (χ3n) is 5.59. The molecule has 5 rings (SSSR count). The highest BCUT2D eigenvalue weighted by atomic mass is 16.5. The summed E-state index contributed by atoms with van der Waals surface area (Å²) in [7, 11) is 1.65. The number of rotatable bonds is 7. The molecule has 7 nitrogen and oxygen atoms in total. The van der Waals surface area contributed by atoms with Crippen LogP contribution in [0.4, 0.5) is 5.69 Å². The highest BCUT2D eigenvalue weighted by Gasteiger charge is 2.12. The van der Waals surface area contributed by atoms with E-state index in [-0.39, 0.29) is 12.5 Å². The van der Waals surface area contributed by atoms with Crippen molar-refractivity contribution in [1.29, 1.82) is 0 Å². The van der Waals surface area contributed by atoms with Crippen LogP contribution in [0.1, 0.15) is 0 Å². The number of tetrazole rings is 1. The van der Waals surface area contributed by atoms with Gasteiger partial charge < -0.3 is 10.1 Å². The standard InChI is InChI=1S/C28H23N5O2/c1-35-24-17-15-21(16-18-24)20-11-13-23(14-12-20)28-30-32-33(31-28)19-27(34)29-26-10-6-5-9-25(26)22-7-3-2-4-8-22/h2-18H,19H2,1H3,(H,29,34). The molecule has 0 radical (unpaired) electrons. The van der Waals surface area contributed by atoms with E-state index in [1.165, 1.54) is 4.80 Å². The molecule has 5 aromatic rings. The molecule has 0 atom stereocenters. The van der Waals surface area contributed by atoms with Crippen LogP contribution in [0.3, 0.4) is 0 Å². The van der Waals surface area contributed by atoms with Crippen LogP contribution >= 0.6 is 0 Å². The summed E-state index contributed by atoms with van der Waals surface area (Å²) in [6.07, 6.45) is 0. The molecule has 1 amide bonds. The lowest BCUT2D eigenvalue weighted by Gasteiger charge is -2.11. The zero-order valence-electron chi connectivity index (χ0n) is 19.1. The number of benzene rings is 4. The van der Waals surface area contributed by atoms with Crippen molar-refractivity contribution in [3.63, 3.8) is 0 Å². The molecule has 0 fully saturated rings. The molecule has 7 heteroatoms. The molecule has 0 aliphatic rings. The van der Waals surface area contributed by atoms with Gasteiger partial charge in [-0.1, -0.05) is 84.9 Å². The number of para-hydroxylation sites is 1. The molecule has 35 heavy (non-hydrogen) atoms. The second-order valence-corrected chi connectivity index (χ2v) is 7.91. The van der Waals surface area contributed by atoms with Crippen LogP contribution < -0.4 is 10.1 Å². The molecular weight excluding hydrogens is 438 g/mol. The van der Waals surface area contributed by atoms with E-state index in [1.807, 2.05) is 103 Å². The fourth-order valence-corrected chi connectivity index (χ4v) is 3.80. The van der Waals surface area contributed by atoms with Crippen LogP contribution in [0.25, 0.3) is 33.6 Å². The van der Waals surface area contributed by atoms with Gasteiger partial charge in [0.25, 0.3) is 0 Å². The summed E-state index contributed by atoms with van der Waals surface area (Å²) in [4.78, 5) is 14.0. The van der Waals surface area contributed by atoms with Gasteiger partial charge in [-0.3, -0.25) is 4.79 Å². The van der Waals surface area contributed by atoms with Gasteiger partial charge in [-0.05, 0) is 40.1 Å². The number of carbonyl (C=O) groups is 1. The molecule has 4 aromatic carbocycles. The van der Waals surface area contributed by atoms with Gasteiger partial charge in [0, 0.05) is 16.8 Å². The molecule has 0 aliphatic carbocycles. The summed E-state index contributed by atoms with van der Waals surface area (Å²) >= 11 is 0. The van der Waals surface area contributed by atoms with Crippen molar-refractivity contribution in [2.75, 3.05) is 12.4 Å². The van der Waals surface area contributed by atoms with E-state index in [0.717, 1.165) is 39.3 Å². The Morgan fingerprint density at radius 1 is 0.771 bits per heavy atom. The van der Waals surface area contributed by atoms with Gasteiger partial charge in [-0.25, -0.2) is 0 Å². The minimum absolute atomic E-state index is 0.0416. The predicted octanol–water partition coefficient (Wildman–Crippen LogP) is 5.32. The molecule has 172 valence electrons. The largest absolute Gasteiger partial charge is 0.497 e. The van der Waals surface area contributed by atoms with Crippen molar-refractivity contribution in [2.24, 2.45) is 0 Å². The van der Waals surface area contributed by atoms with E-state index in [1.54, 1.807) is 7.11 Å². The number of anilines is 1. The van der Waals surface area contributed by atoms with Crippen molar-refractivity contribution in [2.45, 2.75) is 6.54 Å².